The van der Waals surface area contributed by atoms with E-state index in [1.165, 1.54) is 24.8 Å². The van der Waals surface area contributed by atoms with Crippen LogP contribution < -0.4 is 0 Å². The summed E-state index contributed by atoms with van der Waals surface area (Å²) >= 11 is 0. The summed E-state index contributed by atoms with van der Waals surface area (Å²) in [6.45, 7) is 8.86. The van der Waals surface area contributed by atoms with Gasteiger partial charge in [-0.2, -0.15) is 0 Å². The van der Waals surface area contributed by atoms with Crippen molar-refractivity contribution < 1.29 is 9.53 Å². The van der Waals surface area contributed by atoms with Crippen LogP contribution in [-0.4, -0.2) is 12.6 Å². The standard InChI is InChI=1S/C14H22O2/c1-4-16-13(15)7-8-14(3)11-6-5-10(2)12(14)9-11/h11-12H,2,4-9H2,1,3H3/t11-,12-,14-/m0/s1. The quantitative estimate of drug-likeness (QED) is 0.539. The normalized spacial score (nSPS) is 36.8. The van der Waals surface area contributed by atoms with Crippen LogP contribution in [0.15, 0.2) is 12.2 Å². The Balaban J connectivity index is 1.89. The highest BCUT2D eigenvalue weighted by Crippen LogP contribution is 2.63. The second kappa shape index (κ2) is 4.23. The molecule has 0 unspecified atom stereocenters. The smallest absolute Gasteiger partial charge is 0.305 e. The van der Waals surface area contributed by atoms with Gasteiger partial charge in [0.05, 0.1) is 6.61 Å². The maximum absolute atomic E-state index is 11.4. The summed E-state index contributed by atoms with van der Waals surface area (Å²) in [5, 5.41) is 0. The number of ether oxygens (including phenoxy) is 1. The van der Waals surface area contributed by atoms with Crippen molar-refractivity contribution in [2.75, 3.05) is 6.61 Å². The van der Waals surface area contributed by atoms with Gasteiger partial charge < -0.3 is 4.74 Å². The molecule has 16 heavy (non-hydrogen) atoms. The Morgan fingerprint density at radius 3 is 2.94 bits per heavy atom. The molecule has 90 valence electrons. The second-order valence-electron chi connectivity index (χ2n) is 5.49. The number of hydrogen-bond acceptors (Lipinski definition) is 2. The van der Waals surface area contributed by atoms with Crippen molar-refractivity contribution in [1.82, 2.24) is 0 Å². The summed E-state index contributed by atoms with van der Waals surface area (Å²) in [5.74, 6) is 1.44. The van der Waals surface area contributed by atoms with Gasteiger partial charge in [-0.15, -0.1) is 0 Å². The van der Waals surface area contributed by atoms with Crippen molar-refractivity contribution in [2.45, 2.75) is 46.0 Å². The monoisotopic (exact) mass is 222 g/mol. The zero-order valence-corrected chi connectivity index (χ0v) is 10.4. The van der Waals surface area contributed by atoms with E-state index in [0.29, 0.717) is 24.4 Å². The van der Waals surface area contributed by atoms with Gasteiger partial charge in [-0.05, 0) is 49.9 Å². The molecular formula is C14H22O2. The maximum atomic E-state index is 11.4. The first-order valence-electron chi connectivity index (χ1n) is 6.41. The number of allylic oxidation sites excluding steroid dienone is 1. The molecule has 0 aromatic heterocycles. The van der Waals surface area contributed by atoms with Crippen LogP contribution in [0.4, 0.5) is 0 Å². The third kappa shape index (κ3) is 1.79. The number of rotatable bonds is 4. The van der Waals surface area contributed by atoms with Crippen LogP contribution in [-0.2, 0) is 9.53 Å². The van der Waals surface area contributed by atoms with Crippen molar-refractivity contribution in [3.8, 4) is 0 Å². The Labute approximate surface area is 98.1 Å². The van der Waals surface area contributed by atoms with E-state index in [-0.39, 0.29) is 5.97 Å². The van der Waals surface area contributed by atoms with E-state index in [2.05, 4.69) is 13.5 Å². The molecule has 0 aliphatic heterocycles. The first-order valence-corrected chi connectivity index (χ1v) is 6.41. The van der Waals surface area contributed by atoms with Gasteiger partial charge in [0.1, 0.15) is 0 Å². The van der Waals surface area contributed by atoms with Crippen LogP contribution in [0, 0.1) is 17.3 Å². The Morgan fingerprint density at radius 1 is 1.62 bits per heavy atom. The predicted molar refractivity (Wildman–Crippen MR) is 63.9 cm³/mol. The highest BCUT2D eigenvalue weighted by Gasteiger charge is 2.54. The largest absolute Gasteiger partial charge is 0.466 e. The van der Waals surface area contributed by atoms with Gasteiger partial charge in [-0.1, -0.05) is 19.1 Å². The molecule has 0 aromatic carbocycles. The molecular weight excluding hydrogens is 200 g/mol. The fourth-order valence-corrected chi connectivity index (χ4v) is 3.54. The minimum Gasteiger partial charge on any atom is -0.466 e. The summed E-state index contributed by atoms with van der Waals surface area (Å²) < 4.78 is 4.99. The number of esters is 1. The number of carbonyl (C=O) groups excluding carboxylic acids is 1. The molecule has 0 saturated heterocycles. The lowest BCUT2D eigenvalue weighted by molar-refractivity contribution is -0.145. The molecule has 2 nitrogen and oxygen atoms in total. The first kappa shape index (κ1) is 11.7. The number of fused-ring (bicyclic) bond motifs is 2. The molecule has 3 saturated carbocycles. The Bertz CT molecular complexity index is 306. The summed E-state index contributed by atoms with van der Waals surface area (Å²) in [7, 11) is 0. The van der Waals surface area contributed by atoms with E-state index in [4.69, 9.17) is 4.74 Å². The van der Waals surface area contributed by atoms with E-state index in [1.54, 1.807) is 0 Å². The lowest BCUT2D eigenvalue weighted by Crippen LogP contribution is -2.51. The highest BCUT2D eigenvalue weighted by atomic mass is 16.5. The minimum atomic E-state index is -0.0423. The van der Waals surface area contributed by atoms with Crippen LogP contribution in [0.25, 0.3) is 0 Å². The van der Waals surface area contributed by atoms with E-state index in [1.807, 2.05) is 6.92 Å². The molecule has 0 N–H and O–H groups in total. The lowest BCUT2D eigenvalue weighted by Gasteiger charge is -2.59. The van der Waals surface area contributed by atoms with Crippen molar-refractivity contribution in [3.63, 3.8) is 0 Å². The van der Waals surface area contributed by atoms with Gasteiger partial charge in [0.15, 0.2) is 0 Å². The van der Waals surface area contributed by atoms with E-state index < -0.39 is 0 Å². The van der Waals surface area contributed by atoms with E-state index >= 15 is 0 Å². The molecule has 0 heterocycles. The highest BCUT2D eigenvalue weighted by molar-refractivity contribution is 5.69. The molecule has 3 aliphatic rings. The zero-order chi connectivity index (χ0) is 11.8. The second-order valence-corrected chi connectivity index (χ2v) is 5.49. The summed E-state index contributed by atoms with van der Waals surface area (Å²) in [4.78, 5) is 11.4. The zero-order valence-electron chi connectivity index (χ0n) is 10.4. The Hall–Kier alpha value is -0.790. The van der Waals surface area contributed by atoms with E-state index in [0.717, 1.165) is 12.3 Å². The summed E-state index contributed by atoms with van der Waals surface area (Å²) in [6.07, 6.45) is 5.32. The van der Waals surface area contributed by atoms with Gasteiger partial charge in [0, 0.05) is 6.42 Å². The van der Waals surface area contributed by atoms with E-state index in [9.17, 15) is 4.79 Å². The van der Waals surface area contributed by atoms with Gasteiger partial charge in [-0.25, -0.2) is 0 Å². The van der Waals surface area contributed by atoms with Gasteiger partial charge in [0.2, 0.25) is 0 Å². The van der Waals surface area contributed by atoms with Crippen molar-refractivity contribution in [3.05, 3.63) is 12.2 Å². The predicted octanol–water partition coefficient (Wildman–Crippen LogP) is 3.32. The molecule has 0 aromatic rings. The van der Waals surface area contributed by atoms with Gasteiger partial charge in [-0.3, -0.25) is 4.79 Å². The van der Waals surface area contributed by atoms with Crippen LogP contribution in [0.2, 0.25) is 0 Å². The first-order chi connectivity index (χ1) is 7.58. The topological polar surface area (TPSA) is 26.3 Å². The number of hydrogen-bond donors (Lipinski definition) is 0. The molecule has 3 rings (SSSR count). The summed E-state index contributed by atoms with van der Waals surface area (Å²) in [6, 6.07) is 0. The molecule has 0 radical (unpaired) electrons. The molecule has 3 fully saturated rings. The molecule has 3 aliphatic carbocycles. The average molecular weight is 222 g/mol. The van der Waals surface area contributed by atoms with Crippen molar-refractivity contribution >= 4 is 5.97 Å². The SMILES string of the molecule is C=C1CC[C@H]2C[C@@H]1[C@@]2(C)CCC(=O)OCC. The molecule has 0 spiro atoms. The molecule has 3 atom stereocenters. The molecule has 0 amide bonds. The Kier molecular flexibility index (Phi) is 3.09. The molecule has 2 heteroatoms. The lowest BCUT2D eigenvalue weighted by atomic mass is 9.45. The maximum Gasteiger partial charge on any atom is 0.305 e. The van der Waals surface area contributed by atoms with Crippen LogP contribution in [0.5, 0.6) is 0 Å². The van der Waals surface area contributed by atoms with Crippen LogP contribution >= 0.6 is 0 Å². The summed E-state index contributed by atoms with van der Waals surface area (Å²) in [5.41, 5.74) is 1.75. The van der Waals surface area contributed by atoms with Crippen LogP contribution in [0.1, 0.15) is 46.0 Å². The third-order valence-electron chi connectivity index (χ3n) is 4.73. The van der Waals surface area contributed by atoms with Gasteiger partial charge in [0.25, 0.3) is 0 Å². The molecule has 2 bridgehead atoms. The van der Waals surface area contributed by atoms with Crippen molar-refractivity contribution in [1.29, 1.82) is 0 Å². The fourth-order valence-electron chi connectivity index (χ4n) is 3.54. The Morgan fingerprint density at radius 2 is 2.38 bits per heavy atom. The third-order valence-corrected chi connectivity index (χ3v) is 4.73. The average Bonchev–Trinajstić information content (AvgIpc) is 2.25. The number of carbonyl (C=O) groups is 1. The van der Waals surface area contributed by atoms with Crippen LogP contribution in [0.3, 0.4) is 0 Å². The van der Waals surface area contributed by atoms with Gasteiger partial charge >= 0.3 is 5.97 Å². The van der Waals surface area contributed by atoms with Crippen molar-refractivity contribution in [2.24, 2.45) is 17.3 Å². The minimum absolute atomic E-state index is 0.0423. The fraction of sp³-hybridized carbons (Fsp3) is 0.786.